The molecule has 2 aromatic heterocycles. The summed E-state index contributed by atoms with van der Waals surface area (Å²) in [7, 11) is -3.83. The number of nitrogens with one attached hydrogen (secondary N) is 3. The third kappa shape index (κ3) is 5.89. The van der Waals surface area contributed by atoms with Crippen molar-refractivity contribution in [3.05, 3.63) is 76.2 Å². The predicted molar refractivity (Wildman–Crippen MR) is 114 cm³/mol. The van der Waals surface area contributed by atoms with Crippen LogP contribution >= 0.6 is 27.5 Å². The molecule has 0 radical (unpaired) electrons. The van der Waals surface area contributed by atoms with Gasteiger partial charge in [-0.05, 0) is 57.9 Å². The van der Waals surface area contributed by atoms with Crippen LogP contribution in [0.3, 0.4) is 0 Å². The Kier molecular flexibility index (Phi) is 6.68. The lowest BCUT2D eigenvalue weighted by atomic mass is 10.3. The summed E-state index contributed by atoms with van der Waals surface area (Å²) in [5.74, 6) is 0. The number of pyridine rings is 2. The molecule has 11 heteroatoms. The fourth-order valence-electron chi connectivity index (χ4n) is 2.25. The van der Waals surface area contributed by atoms with E-state index in [1.165, 1.54) is 18.2 Å². The van der Waals surface area contributed by atoms with Crippen LogP contribution < -0.4 is 15.4 Å². The Hall–Kier alpha value is -2.69. The van der Waals surface area contributed by atoms with E-state index in [1.54, 1.807) is 30.6 Å². The van der Waals surface area contributed by atoms with E-state index in [4.69, 9.17) is 11.6 Å². The first-order valence-corrected chi connectivity index (χ1v) is 10.9. The molecule has 29 heavy (non-hydrogen) atoms. The van der Waals surface area contributed by atoms with E-state index in [2.05, 4.69) is 41.3 Å². The van der Waals surface area contributed by atoms with Crippen molar-refractivity contribution in [2.24, 2.45) is 0 Å². The molecule has 0 bridgehead atoms. The number of nitrogens with zero attached hydrogens (tertiary/aromatic N) is 2. The number of urea groups is 1. The fraction of sp³-hybridized carbons (Fsp3) is 0.0556. The van der Waals surface area contributed by atoms with Gasteiger partial charge in [0.15, 0.2) is 0 Å². The summed E-state index contributed by atoms with van der Waals surface area (Å²) in [6.07, 6.45) is 4.48. The maximum absolute atomic E-state index is 12.4. The summed E-state index contributed by atoms with van der Waals surface area (Å²) in [6, 6.07) is 10.8. The first-order chi connectivity index (χ1) is 13.8. The number of halogens is 2. The number of benzene rings is 1. The Morgan fingerprint density at radius 1 is 1.10 bits per heavy atom. The summed E-state index contributed by atoms with van der Waals surface area (Å²) in [4.78, 5) is 19.7. The molecule has 0 unspecified atom stereocenters. The summed E-state index contributed by atoms with van der Waals surface area (Å²) < 4.78 is 27.7. The van der Waals surface area contributed by atoms with Crippen LogP contribution in [0.5, 0.6) is 0 Å². The lowest BCUT2D eigenvalue weighted by molar-refractivity contribution is 0.251. The van der Waals surface area contributed by atoms with Crippen molar-refractivity contribution in [1.82, 2.24) is 15.3 Å². The maximum atomic E-state index is 12.4. The minimum atomic E-state index is -3.83. The SMILES string of the molecule is O=C(NCc1cccnc1)Nc1ccc(NS(=O)(=O)c2cnc(Cl)c(Br)c2)cc1. The van der Waals surface area contributed by atoms with Crippen molar-refractivity contribution in [2.45, 2.75) is 11.4 Å². The maximum Gasteiger partial charge on any atom is 0.319 e. The Balaban J connectivity index is 1.59. The zero-order chi connectivity index (χ0) is 20.9. The van der Waals surface area contributed by atoms with Gasteiger partial charge in [0.2, 0.25) is 0 Å². The Labute approximate surface area is 180 Å². The summed E-state index contributed by atoms with van der Waals surface area (Å²) >= 11 is 8.94. The van der Waals surface area contributed by atoms with Crippen LogP contribution in [0.1, 0.15) is 5.56 Å². The molecule has 0 spiro atoms. The Bertz CT molecular complexity index is 1110. The number of carbonyl (C=O) groups is 1. The molecule has 150 valence electrons. The van der Waals surface area contributed by atoms with Gasteiger partial charge in [-0.25, -0.2) is 18.2 Å². The number of sulfonamides is 1. The van der Waals surface area contributed by atoms with Crippen molar-refractivity contribution in [3.8, 4) is 0 Å². The van der Waals surface area contributed by atoms with E-state index in [1.807, 2.05) is 6.07 Å². The van der Waals surface area contributed by atoms with Gasteiger partial charge in [0, 0.05) is 36.5 Å². The molecular weight excluding hydrogens is 482 g/mol. The van der Waals surface area contributed by atoms with Gasteiger partial charge < -0.3 is 10.6 Å². The Morgan fingerprint density at radius 2 is 1.83 bits per heavy atom. The van der Waals surface area contributed by atoms with Gasteiger partial charge in [-0.1, -0.05) is 17.7 Å². The van der Waals surface area contributed by atoms with Gasteiger partial charge in [-0.3, -0.25) is 9.71 Å². The predicted octanol–water partition coefficient (Wildman–Crippen LogP) is 4.02. The number of hydrogen-bond acceptors (Lipinski definition) is 5. The fourth-order valence-corrected chi connectivity index (χ4v) is 3.88. The van der Waals surface area contributed by atoms with Gasteiger partial charge in [-0.2, -0.15) is 0 Å². The number of hydrogen-bond donors (Lipinski definition) is 3. The molecule has 3 rings (SSSR count). The number of carbonyl (C=O) groups excluding carboxylic acids is 1. The molecule has 3 aromatic rings. The second-order valence-electron chi connectivity index (χ2n) is 5.80. The van der Waals surface area contributed by atoms with E-state index in [0.29, 0.717) is 22.4 Å². The first kappa shape index (κ1) is 21.0. The normalized spacial score (nSPS) is 11.0. The monoisotopic (exact) mass is 495 g/mol. The molecule has 0 fully saturated rings. The molecular formula is C18H15BrClN5O3S. The third-order valence-electron chi connectivity index (χ3n) is 3.65. The minimum absolute atomic E-state index is 0.0363. The van der Waals surface area contributed by atoms with Crippen LogP contribution in [0.4, 0.5) is 16.2 Å². The van der Waals surface area contributed by atoms with Crippen LogP contribution in [0.2, 0.25) is 5.15 Å². The number of aromatic nitrogens is 2. The summed E-state index contributed by atoms with van der Waals surface area (Å²) in [6.45, 7) is 0.336. The number of amides is 2. The molecule has 0 aliphatic heterocycles. The number of rotatable bonds is 6. The quantitative estimate of drug-likeness (QED) is 0.446. The second-order valence-corrected chi connectivity index (χ2v) is 8.69. The molecule has 2 amide bonds. The average molecular weight is 497 g/mol. The van der Waals surface area contributed by atoms with Crippen LogP contribution in [-0.4, -0.2) is 24.4 Å². The zero-order valence-corrected chi connectivity index (χ0v) is 17.9. The highest BCUT2D eigenvalue weighted by atomic mass is 79.9. The molecule has 2 heterocycles. The lowest BCUT2D eigenvalue weighted by Crippen LogP contribution is -2.28. The van der Waals surface area contributed by atoms with E-state index >= 15 is 0 Å². The topological polar surface area (TPSA) is 113 Å². The Morgan fingerprint density at radius 3 is 2.48 bits per heavy atom. The summed E-state index contributed by atoms with van der Waals surface area (Å²) in [5.41, 5.74) is 1.71. The van der Waals surface area contributed by atoms with Crippen LogP contribution in [0.15, 0.2) is 70.4 Å². The van der Waals surface area contributed by atoms with Gasteiger partial charge in [0.1, 0.15) is 10.0 Å². The minimum Gasteiger partial charge on any atom is -0.334 e. The van der Waals surface area contributed by atoms with E-state index in [-0.39, 0.29) is 16.1 Å². The van der Waals surface area contributed by atoms with Gasteiger partial charge >= 0.3 is 6.03 Å². The van der Waals surface area contributed by atoms with Crippen molar-refractivity contribution in [1.29, 1.82) is 0 Å². The van der Waals surface area contributed by atoms with Gasteiger partial charge in [0.05, 0.1) is 4.47 Å². The first-order valence-electron chi connectivity index (χ1n) is 8.21. The van der Waals surface area contributed by atoms with Crippen molar-refractivity contribution in [3.63, 3.8) is 0 Å². The van der Waals surface area contributed by atoms with E-state index in [0.717, 1.165) is 11.8 Å². The molecule has 1 aromatic carbocycles. The van der Waals surface area contributed by atoms with Crippen molar-refractivity contribution in [2.75, 3.05) is 10.0 Å². The molecule has 8 nitrogen and oxygen atoms in total. The number of anilines is 2. The molecule has 0 saturated heterocycles. The molecule has 0 aliphatic carbocycles. The molecule has 0 saturated carbocycles. The average Bonchev–Trinajstić information content (AvgIpc) is 2.70. The summed E-state index contributed by atoms with van der Waals surface area (Å²) in [5, 5.41) is 5.54. The van der Waals surface area contributed by atoms with Crippen molar-refractivity contribution < 1.29 is 13.2 Å². The van der Waals surface area contributed by atoms with Gasteiger partial charge in [-0.15, -0.1) is 0 Å². The molecule has 0 atom stereocenters. The molecule has 3 N–H and O–H groups in total. The van der Waals surface area contributed by atoms with Crippen LogP contribution in [-0.2, 0) is 16.6 Å². The highest BCUT2D eigenvalue weighted by molar-refractivity contribution is 9.10. The second kappa shape index (κ2) is 9.21. The largest absolute Gasteiger partial charge is 0.334 e. The third-order valence-corrected chi connectivity index (χ3v) is 6.13. The highest BCUT2D eigenvalue weighted by Gasteiger charge is 2.16. The highest BCUT2D eigenvalue weighted by Crippen LogP contribution is 2.24. The standard InChI is InChI=1S/C18H15BrClN5O3S/c19-16-8-15(11-22-17(16)20)29(27,28)25-14-5-3-13(4-6-14)24-18(26)23-10-12-2-1-7-21-9-12/h1-9,11,25H,10H2,(H2,23,24,26). The van der Waals surface area contributed by atoms with Crippen LogP contribution in [0, 0.1) is 0 Å². The zero-order valence-electron chi connectivity index (χ0n) is 14.8. The smallest absolute Gasteiger partial charge is 0.319 e. The molecule has 0 aliphatic rings. The van der Waals surface area contributed by atoms with Gasteiger partial charge in [0.25, 0.3) is 10.0 Å². The van der Waals surface area contributed by atoms with Crippen molar-refractivity contribution >= 4 is 55.0 Å². The lowest BCUT2D eigenvalue weighted by Gasteiger charge is -2.10. The van der Waals surface area contributed by atoms with Crippen LogP contribution in [0.25, 0.3) is 0 Å². The van der Waals surface area contributed by atoms with E-state index in [9.17, 15) is 13.2 Å². The van der Waals surface area contributed by atoms with E-state index < -0.39 is 10.0 Å².